The molecule has 1 aliphatic heterocycles. The van der Waals surface area contributed by atoms with Gasteiger partial charge in [-0.05, 0) is 39.2 Å². The highest BCUT2D eigenvalue weighted by Crippen LogP contribution is 2.30. The summed E-state index contributed by atoms with van der Waals surface area (Å²) in [6.07, 6.45) is 11.8. The van der Waals surface area contributed by atoms with Crippen LogP contribution in [0.2, 0.25) is 0 Å². The molecule has 3 heteroatoms. The molecule has 0 spiro atoms. The highest BCUT2D eigenvalue weighted by molar-refractivity contribution is 4.85. The third kappa shape index (κ3) is 4.22. The van der Waals surface area contributed by atoms with E-state index in [2.05, 4.69) is 5.32 Å². The van der Waals surface area contributed by atoms with Crippen molar-refractivity contribution in [2.75, 3.05) is 26.8 Å². The molecule has 106 valence electrons. The molecule has 0 aromatic carbocycles. The summed E-state index contributed by atoms with van der Waals surface area (Å²) in [5.41, 5.74) is 0.0755. The summed E-state index contributed by atoms with van der Waals surface area (Å²) in [6.45, 7) is 2.70. The minimum absolute atomic E-state index is 0.0755. The lowest BCUT2D eigenvalue weighted by molar-refractivity contribution is -0.111. The van der Waals surface area contributed by atoms with E-state index >= 15 is 0 Å². The van der Waals surface area contributed by atoms with Gasteiger partial charge in [-0.25, -0.2) is 0 Å². The lowest BCUT2D eigenvalue weighted by Crippen LogP contribution is -2.44. The number of hydrogen-bond donors (Lipinski definition) is 1. The van der Waals surface area contributed by atoms with E-state index < -0.39 is 0 Å². The van der Waals surface area contributed by atoms with E-state index in [1.54, 1.807) is 0 Å². The number of likely N-dealkylation sites (N-methyl/N-ethyl adjacent to an activating group) is 1. The minimum atomic E-state index is 0.0755. The molecule has 2 fully saturated rings. The standard InChI is InChI=1S/C15H29NO2/c1-16-13-15(9-5-2-3-6-10-15)18-12-14-8-4-7-11-17-14/h14,16H,2-13H2,1H3. The normalized spacial score (nSPS) is 28.8. The van der Waals surface area contributed by atoms with Crippen molar-refractivity contribution in [1.29, 1.82) is 0 Å². The Morgan fingerprint density at radius 3 is 2.50 bits per heavy atom. The fourth-order valence-corrected chi connectivity index (χ4v) is 3.28. The first kappa shape index (κ1) is 14.3. The minimum Gasteiger partial charge on any atom is -0.376 e. The van der Waals surface area contributed by atoms with Gasteiger partial charge in [-0.2, -0.15) is 0 Å². The smallest absolute Gasteiger partial charge is 0.0808 e. The molecule has 1 heterocycles. The predicted molar refractivity (Wildman–Crippen MR) is 73.9 cm³/mol. The zero-order chi connectivity index (χ0) is 12.7. The Bertz CT molecular complexity index is 219. The van der Waals surface area contributed by atoms with Crippen molar-refractivity contribution in [2.45, 2.75) is 69.5 Å². The first-order chi connectivity index (χ1) is 8.85. The number of hydrogen-bond acceptors (Lipinski definition) is 3. The van der Waals surface area contributed by atoms with E-state index in [1.165, 1.54) is 57.8 Å². The molecule has 0 bridgehead atoms. The van der Waals surface area contributed by atoms with Crippen LogP contribution in [0.1, 0.15) is 57.8 Å². The lowest BCUT2D eigenvalue weighted by atomic mass is 9.94. The summed E-state index contributed by atoms with van der Waals surface area (Å²) in [5, 5.41) is 3.33. The van der Waals surface area contributed by atoms with Crippen LogP contribution in [-0.2, 0) is 9.47 Å². The molecule has 0 radical (unpaired) electrons. The highest BCUT2D eigenvalue weighted by atomic mass is 16.5. The molecule has 0 aromatic rings. The Morgan fingerprint density at radius 1 is 1.11 bits per heavy atom. The number of rotatable bonds is 5. The molecule has 18 heavy (non-hydrogen) atoms. The van der Waals surface area contributed by atoms with Crippen molar-refractivity contribution in [1.82, 2.24) is 5.32 Å². The molecule has 1 saturated carbocycles. The zero-order valence-corrected chi connectivity index (χ0v) is 11.9. The molecule has 1 N–H and O–H groups in total. The molecule has 0 amide bonds. The van der Waals surface area contributed by atoms with E-state index in [-0.39, 0.29) is 5.60 Å². The second kappa shape index (κ2) is 7.46. The van der Waals surface area contributed by atoms with Gasteiger partial charge in [0.15, 0.2) is 0 Å². The van der Waals surface area contributed by atoms with Crippen LogP contribution in [0.5, 0.6) is 0 Å². The maximum Gasteiger partial charge on any atom is 0.0808 e. The first-order valence-corrected chi connectivity index (χ1v) is 7.75. The van der Waals surface area contributed by atoms with Gasteiger partial charge in [0.05, 0.1) is 18.3 Å². The molecule has 1 atom stereocenters. The summed E-state index contributed by atoms with van der Waals surface area (Å²) < 4.78 is 12.1. The first-order valence-electron chi connectivity index (χ1n) is 7.75. The van der Waals surface area contributed by atoms with Crippen LogP contribution in [0.15, 0.2) is 0 Å². The van der Waals surface area contributed by atoms with Crippen molar-refractivity contribution in [2.24, 2.45) is 0 Å². The van der Waals surface area contributed by atoms with E-state index in [1.807, 2.05) is 7.05 Å². The third-order valence-corrected chi connectivity index (χ3v) is 4.36. The maximum absolute atomic E-state index is 6.34. The van der Waals surface area contributed by atoms with Crippen LogP contribution in [-0.4, -0.2) is 38.5 Å². The summed E-state index contributed by atoms with van der Waals surface area (Å²) in [5.74, 6) is 0. The molecule has 1 unspecified atom stereocenters. The van der Waals surface area contributed by atoms with Crippen LogP contribution in [0.4, 0.5) is 0 Å². The maximum atomic E-state index is 6.34. The number of nitrogens with one attached hydrogen (secondary N) is 1. The highest BCUT2D eigenvalue weighted by Gasteiger charge is 2.32. The Kier molecular flexibility index (Phi) is 5.93. The van der Waals surface area contributed by atoms with Gasteiger partial charge in [-0.15, -0.1) is 0 Å². The van der Waals surface area contributed by atoms with Crippen molar-refractivity contribution in [3.05, 3.63) is 0 Å². The summed E-state index contributed by atoms with van der Waals surface area (Å²) in [4.78, 5) is 0. The van der Waals surface area contributed by atoms with Crippen LogP contribution in [0.25, 0.3) is 0 Å². The van der Waals surface area contributed by atoms with Crippen molar-refractivity contribution >= 4 is 0 Å². The zero-order valence-electron chi connectivity index (χ0n) is 11.9. The topological polar surface area (TPSA) is 30.5 Å². The van der Waals surface area contributed by atoms with E-state index in [0.717, 1.165) is 19.8 Å². The van der Waals surface area contributed by atoms with Crippen molar-refractivity contribution in [3.63, 3.8) is 0 Å². The molecule has 1 aliphatic carbocycles. The third-order valence-electron chi connectivity index (χ3n) is 4.36. The van der Waals surface area contributed by atoms with Crippen molar-refractivity contribution in [3.8, 4) is 0 Å². The molecular formula is C15H29NO2. The van der Waals surface area contributed by atoms with Crippen molar-refractivity contribution < 1.29 is 9.47 Å². The van der Waals surface area contributed by atoms with Crippen LogP contribution < -0.4 is 5.32 Å². The molecule has 2 rings (SSSR count). The Labute approximate surface area is 112 Å². The van der Waals surface area contributed by atoms with Crippen LogP contribution in [0, 0.1) is 0 Å². The van der Waals surface area contributed by atoms with Crippen LogP contribution in [0.3, 0.4) is 0 Å². The quantitative estimate of drug-likeness (QED) is 0.766. The van der Waals surface area contributed by atoms with E-state index in [9.17, 15) is 0 Å². The van der Waals surface area contributed by atoms with Gasteiger partial charge in [0.1, 0.15) is 0 Å². The van der Waals surface area contributed by atoms with Gasteiger partial charge < -0.3 is 14.8 Å². The second-order valence-corrected chi connectivity index (χ2v) is 5.93. The number of ether oxygens (including phenoxy) is 2. The van der Waals surface area contributed by atoms with Gasteiger partial charge in [-0.3, -0.25) is 0 Å². The van der Waals surface area contributed by atoms with Gasteiger partial charge in [0, 0.05) is 13.2 Å². The monoisotopic (exact) mass is 255 g/mol. The molecular weight excluding hydrogens is 226 g/mol. The van der Waals surface area contributed by atoms with E-state index in [0.29, 0.717) is 6.10 Å². The predicted octanol–water partition coefficient (Wildman–Crippen LogP) is 2.88. The molecule has 2 aliphatic rings. The Balaban J connectivity index is 1.83. The van der Waals surface area contributed by atoms with E-state index in [4.69, 9.17) is 9.47 Å². The largest absolute Gasteiger partial charge is 0.376 e. The average molecular weight is 255 g/mol. The van der Waals surface area contributed by atoms with Gasteiger partial charge in [-0.1, -0.05) is 25.7 Å². The lowest BCUT2D eigenvalue weighted by Gasteiger charge is -2.35. The van der Waals surface area contributed by atoms with Gasteiger partial charge >= 0.3 is 0 Å². The van der Waals surface area contributed by atoms with Gasteiger partial charge in [0.25, 0.3) is 0 Å². The summed E-state index contributed by atoms with van der Waals surface area (Å²) in [6, 6.07) is 0. The second-order valence-electron chi connectivity index (χ2n) is 5.93. The molecule has 3 nitrogen and oxygen atoms in total. The molecule has 1 saturated heterocycles. The SMILES string of the molecule is CNCC1(OCC2CCCCO2)CCCCCC1. The Morgan fingerprint density at radius 2 is 1.89 bits per heavy atom. The molecule has 0 aromatic heterocycles. The van der Waals surface area contributed by atoms with Gasteiger partial charge in [0.2, 0.25) is 0 Å². The fraction of sp³-hybridized carbons (Fsp3) is 1.00. The van der Waals surface area contributed by atoms with Crippen LogP contribution >= 0.6 is 0 Å². The summed E-state index contributed by atoms with van der Waals surface area (Å²) in [7, 11) is 2.03. The Hall–Kier alpha value is -0.120. The summed E-state index contributed by atoms with van der Waals surface area (Å²) >= 11 is 0. The average Bonchev–Trinajstić information content (AvgIpc) is 2.64. The fourth-order valence-electron chi connectivity index (χ4n) is 3.28.